The van der Waals surface area contributed by atoms with Crippen LogP contribution >= 0.6 is 34.3 Å². The molecule has 4 N–H and O–H groups in total. The van der Waals surface area contributed by atoms with Crippen LogP contribution in [0.1, 0.15) is 55.8 Å². The maximum atomic E-state index is 13.9. The first-order chi connectivity index (χ1) is 29.4. The number of hydrogen-bond donors (Lipinski definition) is 4. The topological polar surface area (TPSA) is 201 Å². The fraction of sp³-hybridized carbons (Fsp3) is 0.350. The summed E-state index contributed by atoms with van der Waals surface area (Å²) in [6.45, 7) is 3.36. The zero-order chi connectivity index (χ0) is 40.9. The standard InChI is InChI=1S/C40H41ClN14O3S2/c41-29-11-10-26(40(16-17-40)35(57)47-39-53-51-37(60-39)45-28-14-22-55(23-15-28)32-9-5-19-43-49-32)24-30(29)58-33(25-6-2-1-3-7-25)34(56)46-38-52-50-36(59-38)44-27-12-20-54(21-13-27)31-8-4-18-42-48-31/h1-11,18-19,24,27-28,33H,12-17,20-23H2,(H,44,50)(H,45,51)(H,46,52,56)(H,47,53,57). The molecule has 1 unspecified atom stereocenters. The molecule has 6 heterocycles. The number of amides is 2. The van der Waals surface area contributed by atoms with Crippen LogP contribution in [-0.4, -0.2) is 90.9 Å². The molecule has 17 nitrogen and oxygen atoms in total. The van der Waals surface area contributed by atoms with Crippen LogP contribution < -0.4 is 35.8 Å². The Balaban J connectivity index is 0.820. The Hall–Kier alpha value is -6.05. The van der Waals surface area contributed by atoms with Crippen molar-refractivity contribution in [3.63, 3.8) is 0 Å². The van der Waals surface area contributed by atoms with Crippen LogP contribution in [0.15, 0.2) is 85.2 Å². The summed E-state index contributed by atoms with van der Waals surface area (Å²) in [5, 5.41) is 48.7. The molecule has 2 aromatic carbocycles. The third-order valence-electron chi connectivity index (χ3n) is 11.0. The normalized spacial score (nSPS) is 17.1. The number of ether oxygens (including phenoxy) is 1. The lowest BCUT2D eigenvalue weighted by molar-refractivity contribution is -0.123. The second kappa shape index (κ2) is 17.7. The van der Waals surface area contributed by atoms with Crippen molar-refractivity contribution in [2.24, 2.45) is 0 Å². The van der Waals surface area contributed by atoms with E-state index in [1.54, 1.807) is 24.5 Å². The van der Waals surface area contributed by atoms with Gasteiger partial charge in [0.15, 0.2) is 11.6 Å². The Morgan fingerprint density at radius 2 is 1.23 bits per heavy atom. The number of benzene rings is 2. The molecule has 3 fully saturated rings. The van der Waals surface area contributed by atoms with Crippen molar-refractivity contribution < 1.29 is 14.3 Å². The monoisotopic (exact) mass is 864 g/mol. The first-order valence-corrected chi connectivity index (χ1v) is 21.8. The van der Waals surface area contributed by atoms with Crippen LogP contribution in [0.2, 0.25) is 5.02 Å². The fourth-order valence-electron chi connectivity index (χ4n) is 7.52. The lowest BCUT2D eigenvalue weighted by Gasteiger charge is -2.32. The molecule has 1 saturated carbocycles. The van der Waals surface area contributed by atoms with Crippen LogP contribution in [0.4, 0.5) is 32.2 Å². The van der Waals surface area contributed by atoms with E-state index in [0.29, 0.717) is 44.0 Å². The molecule has 0 spiro atoms. The number of hydrogen-bond acceptors (Lipinski definition) is 17. The summed E-state index contributed by atoms with van der Waals surface area (Å²) in [5.41, 5.74) is 0.540. The molecule has 0 radical (unpaired) electrons. The largest absolute Gasteiger partial charge is 0.474 e. The van der Waals surface area contributed by atoms with E-state index in [2.05, 4.69) is 71.9 Å². The van der Waals surface area contributed by atoms with Gasteiger partial charge in [0.1, 0.15) is 5.75 Å². The number of nitrogens with zero attached hydrogens (tertiary/aromatic N) is 10. The van der Waals surface area contributed by atoms with Gasteiger partial charge in [-0.1, -0.05) is 70.7 Å². The van der Waals surface area contributed by atoms with Crippen LogP contribution in [0, 0.1) is 0 Å². The molecule has 9 rings (SSSR count). The molecule has 4 aromatic heterocycles. The molecule has 2 amide bonds. The highest BCUT2D eigenvalue weighted by atomic mass is 35.5. The average Bonchev–Trinajstić information content (AvgIpc) is 3.81. The van der Waals surface area contributed by atoms with Crippen LogP contribution in [0.3, 0.4) is 0 Å². The van der Waals surface area contributed by atoms with Gasteiger partial charge in [0.2, 0.25) is 32.5 Å². The summed E-state index contributed by atoms with van der Waals surface area (Å²) in [6.07, 6.45) is 7.10. The highest BCUT2D eigenvalue weighted by molar-refractivity contribution is 7.19. The molecule has 2 aliphatic heterocycles. The summed E-state index contributed by atoms with van der Waals surface area (Å²) in [5.74, 6) is 1.38. The predicted octanol–water partition coefficient (Wildman–Crippen LogP) is 6.21. The summed E-state index contributed by atoms with van der Waals surface area (Å²) >= 11 is 9.27. The Kier molecular flexibility index (Phi) is 11.6. The van der Waals surface area contributed by atoms with E-state index in [4.69, 9.17) is 16.3 Å². The lowest BCUT2D eigenvalue weighted by Crippen LogP contribution is -2.39. The van der Waals surface area contributed by atoms with Gasteiger partial charge < -0.3 is 25.2 Å². The van der Waals surface area contributed by atoms with Crippen molar-refractivity contribution >= 4 is 78.3 Å². The third-order valence-corrected chi connectivity index (χ3v) is 12.8. The smallest absolute Gasteiger partial charge is 0.272 e. The average molecular weight is 865 g/mol. The van der Waals surface area contributed by atoms with Gasteiger partial charge >= 0.3 is 0 Å². The highest BCUT2D eigenvalue weighted by Gasteiger charge is 2.52. The molecular weight excluding hydrogens is 824 g/mol. The van der Waals surface area contributed by atoms with Gasteiger partial charge in [0.05, 0.1) is 10.4 Å². The summed E-state index contributed by atoms with van der Waals surface area (Å²) in [6, 6.07) is 22.6. The van der Waals surface area contributed by atoms with E-state index in [-0.39, 0.29) is 23.7 Å². The number of piperidine rings is 2. The Morgan fingerprint density at radius 1 is 0.683 bits per heavy atom. The molecule has 2 saturated heterocycles. The van der Waals surface area contributed by atoms with E-state index in [9.17, 15) is 9.59 Å². The van der Waals surface area contributed by atoms with Crippen LogP contribution in [0.5, 0.6) is 5.75 Å². The minimum absolute atomic E-state index is 0.190. The second-order valence-electron chi connectivity index (χ2n) is 14.9. The number of carbonyl (C=O) groups is 2. The van der Waals surface area contributed by atoms with Crippen molar-refractivity contribution in [1.29, 1.82) is 0 Å². The van der Waals surface area contributed by atoms with Crippen molar-refractivity contribution in [3.8, 4) is 5.75 Å². The molecule has 3 aliphatic rings. The molecule has 308 valence electrons. The van der Waals surface area contributed by atoms with Gasteiger partial charge in [-0.3, -0.25) is 20.2 Å². The maximum absolute atomic E-state index is 13.9. The third kappa shape index (κ3) is 9.07. The van der Waals surface area contributed by atoms with Crippen LogP contribution in [0.25, 0.3) is 0 Å². The molecule has 0 bridgehead atoms. The minimum atomic E-state index is -1.08. The van der Waals surface area contributed by atoms with Gasteiger partial charge in [-0.2, -0.15) is 10.2 Å². The maximum Gasteiger partial charge on any atom is 0.272 e. The van der Waals surface area contributed by atoms with Gasteiger partial charge in [-0.25, -0.2) is 0 Å². The van der Waals surface area contributed by atoms with Crippen molar-refractivity contribution in [2.75, 3.05) is 57.2 Å². The van der Waals surface area contributed by atoms with Crippen LogP contribution in [-0.2, 0) is 15.0 Å². The van der Waals surface area contributed by atoms with Gasteiger partial charge in [-0.15, -0.1) is 30.6 Å². The molecule has 1 aliphatic carbocycles. The van der Waals surface area contributed by atoms with Gasteiger partial charge in [0.25, 0.3) is 5.91 Å². The number of aromatic nitrogens is 8. The van der Waals surface area contributed by atoms with E-state index >= 15 is 0 Å². The predicted molar refractivity (Wildman–Crippen MR) is 231 cm³/mol. The highest BCUT2D eigenvalue weighted by Crippen LogP contribution is 2.51. The number of carbonyl (C=O) groups excluding carboxylic acids is 2. The molecule has 20 heteroatoms. The quantitative estimate of drug-likeness (QED) is 0.0962. The zero-order valence-electron chi connectivity index (χ0n) is 32.3. The summed E-state index contributed by atoms with van der Waals surface area (Å²) in [4.78, 5) is 32.2. The van der Waals surface area contributed by atoms with Crippen molar-refractivity contribution in [2.45, 2.75) is 62.1 Å². The minimum Gasteiger partial charge on any atom is -0.474 e. The lowest BCUT2D eigenvalue weighted by atomic mass is 9.94. The first-order valence-electron chi connectivity index (χ1n) is 19.8. The van der Waals surface area contributed by atoms with Crippen molar-refractivity contribution in [3.05, 3.63) is 101 Å². The number of nitrogens with one attached hydrogen (secondary N) is 4. The number of rotatable bonds is 14. The SMILES string of the molecule is O=C(Nc1nnc(NC2CCN(c3cccnn3)CC2)s1)C(Oc1cc(C2(C(=O)Nc3nnc(NC4CCN(c5cccnn5)CC4)s3)CC2)ccc1Cl)c1ccccc1. The van der Waals surface area contributed by atoms with E-state index in [1.165, 1.54) is 22.7 Å². The van der Waals surface area contributed by atoms with E-state index in [1.807, 2.05) is 60.7 Å². The number of halogens is 1. The Labute approximate surface area is 358 Å². The molecule has 1 atom stereocenters. The molecular formula is C40H41ClN14O3S2. The first kappa shape index (κ1) is 39.4. The molecule has 60 heavy (non-hydrogen) atoms. The zero-order valence-corrected chi connectivity index (χ0v) is 34.7. The van der Waals surface area contributed by atoms with E-state index < -0.39 is 17.4 Å². The molecule has 6 aromatic rings. The summed E-state index contributed by atoms with van der Waals surface area (Å²) in [7, 11) is 0. The van der Waals surface area contributed by atoms with Gasteiger partial charge in [-0.05, 0) is 80.5 Å². The summed E-state index contributed by atoms with van der Waals surface area (Å²) < 4.78 is 6.42. The van der Waals surface area contributed by atoms with Gasteiger partial charge in [0, 0.05) is 56.2 Å². The second-order valence-corrected chi connectivity index (χ2v) is 17.2. The Bertz CT molecular complexity index is 2390. The number of anilines is 6. The fourth-order valence-corrected chi connectivity index (χ4v) is 9.12. The van der Waals surface area contributed by atoms with Crippen molar-refractivity contribution in [1.82, 2.24) is 40.8 Å². The Morgan fingerprint density at radius 3 is 1.77 bits per heavy atom. The van der Waals surface area contributed by atoms with E-state index in [0.717, 1.165) is 69.1 Å².